The highest BCUT2D eigenvalue weighted by Crippen LogP contribution is 2.48. The number of piperidine rings is 1. The van der Waals surface area contributed by atoms with Gasteiger partial charge in [-0.05, 0) is 55.9 Å². The van der Waals surface area contributed by atoms with Gasteiger partial charge in [0, 0.05) is 36.4 Å². The van der Waals surface area contributed by atoms with E-state index in [1.807, 2.05) is 12.4 Å². The van der Waals surface area contributed by atoms with Crippen molar-refractivity contribution < 1.29 is 4.74 Å². The molecule has 0 N–H and O–H groups in total. The van der Waals surface area contributed by atoms with E-state index in [1.54, 1.807) is 11.3 Å². The number of halogens is 1. The Balaban J connectivity index is 1.53. The molecular formula is C19H23ClN2OS. The van der Waals surface area contributed by atoms with E-state index in [4.69, 9.17) is 16.3 Å². The minimum Gasteiger partial charge on any atom is -0.369 e. The van der Waals surface area contributed by atoms with E-state index < -0.39 is 0 Å². The van der Waals surface area contributed by atoms with Crippen LogP contribution in [0, 0.1) is 6.92 Å². The molecule has 1 spiro atoms. The predicted octanol–water partition coefficient (Wildman–Crippen LogP) is 4.56. The molecule has 128 valence electrons. The largest absolute Gasteiger partial charge is 0.369 e. The number of ether oxygens (including phenoxy) is 1. The number of fused-ring (bicyclic) bond motifs is 2. The Hall–Kier alpha value is -0.940. The highest BCUT2D eigenvalue weighted by molar-refractivity contribution is 7.16. The van der Waals surface area contributed by atoms with E-state index in [1.165, 1.54) is 21.6 Å². The van der Waals surface area contributed by atoms with Gasteiger partial charge in [-0.2, -0.15) is 0 Å². The van der Waals surface area contributed by atoms with E-state index >= 15 is 0 Å². The number of hydrogen-bond acceptors (Lipinski definition) is 4. The van der Waals surface area contributed by atoms with E-state index in [9.17, 15) is 0 Å². The molecule has 0 aliphatic carbocycles. The number of aromatic nitrogens is 1. The Labute approximate surface area is 152 Å². The van der Waals surface area contributed by atoms with E-state index in [0.717, 1.165) is 43.3 Å². The van der Waals surface area contributed by atoms with Crippen LogP contribution in [0.1, 0.15) is 41.3 Å². The van der Waals surface area contributed by atoms with Crippen LogP contribution in [-0.4, -0.2) is 29.1 Å². The van der Waals surface area contributed by atoms with Crippen molar-refractivity contribution in [1.29, 1.82) is 0 Å². The topological polar surface area (TPSA) is 25.4 Å². The van der Waals surface area contributed by atoms with Crippen molar-refractivity contribution in [2.24, 2.45) is 0 Å². The second kappa shape index (κ2) is 6.41. The third kappa shape index (κ3) is 3.01. The van der Waals surface area contributed by atoms with Gasteiger partial charge in [0.1, 0.15) is 5.60 Å². The molecule has 2 aliphatic rings. The molecule has 3 nitrogen and oxygen atoms in total. The van der Waals surface area contributed by atoms with Crippen LogP contribution in [0.3, 0.4) is 0 Å². The van der Waals surface area contributed by atoms with E-state index in [-0.39, 0.29) is 5.60 Å². The predicted molar refractivity (Wildman–Crippen MR) is 98.7 cm³/mol. The smallest absolute Gasteiger partial charge is 0.105 e. The molecule has 2 aliphatic heterocycles. The van der Waals surface area contributed by atoms with Gasteiger partial charge in [-0.25, -0.2) is 0 Å². The van der Waals surface area contributed by atoms with Crippen molar-refractivity contribution >= 4 is 22.9 Å². The minimum absolute atomic E-state index is 0.119. The average molecular weight is 363 g/mol. The lowest BCUT2D eigenvalue weighted by atomic mass is 9.82. The number of rotatable bonds is 2. The molecule has 0 saturated carbocycles. The molecule has 0 bridgehead atoms. The van der Waals surface area contributed by atoms with E-state index in [0.29, 0.717) is 6.04 Å². The Kier molecular flexibility index (Phi) is 4.42. The van der Waals surface area contributed by atoms with Crippen molar-refractivity contribution in [3.05, 3.63) is 50.4 Å². The molecule has 0 radical (unpaired) electrons. The van der Waals surface area contributed by atoms with Gasteiger partial charge in [0.15, 0.2) is 0 Å². The summed E-state index contributed by atoms with van der Waals surface area (Å²) in [7, 11) is 0. The monoisotopic (exact) mass is 362 g/mol. The minimum atomic E-state index is -0.119. The van der Waals surface area contributed by atoms with Gasteiger partial charge in [-0.3, -0.25) is 9.88 Å². The fourth-order valence-electron chi connectivity index (χ4n) is 4.15. The summed E-state index contributed by atoms with van der Waals surface area (Å²) in [6.07, 6.45) is 6.97. The lowest BCUT2D eigenvalue weighted by Gasteiger charge is -2.47. The first kappa shape index (κ1) is 16.5. The van der Waals surface area contributed by atoms with Gasteiger partial charge in [0.2, 0.25) is 0 Å². The first-order chi connectivity index (χ1) is 11.6. The molecule has 24 heavy (non-hydrogen) atoms. The first-order valence-electron chi connectivity index (χ1n) is 8.63. The van der Waals surface area contributed by atoms with Gasteiger partial charge in [0.05, 0.1) is 10.9 Å². The number of hydrogen-bond donors (Lipinski definition) is 0. The standard InChI is InChI=1S/C19H23ClN2OS/c1-13-7-15(11-21-10-13)12-22-5-4-19(9-14(22)2)18-16(3-6-23-19)8-17(20)24-18/h7-8,10-11,14H,3-6,9,12H2,1-2H3/t14-,19+/m0/s1. The lowest BCUT2D eigenvalue weighted by molar-refractivity contribution is -0.110. The summed E-state index contributed by atoms with van der Waals surface area (Å²) < 4.78 is 7.24. The molecule has 0 aromatic carbocycles. The van der Waals surface area contributed by atoms with Gasteiger partial charge in [0.25, 0.3) is 0 Å². The number of pyridine rings is 1. The zero-order chi connectivity index (χ0) is 16.7. The van der Waals surface area contributed by atoms with E-state index in [2.05, 4.69) is 35.9 Å². The summed E-state index contributed by atoms with van der Waals surface area (Å²) in [5.74, 6) is 0. The molecule has 2 aromatic rings. The third-order valence-electron chi connectivity index (χ3n) is 5.31. The van der Waals surface area contributed by atoms with Crippen LogP contribution in [-0.2, 0) is 23.3 Å². The quantitative estimate of drug-likeness (QED) is 0.783. The molecular weight excluding hydrogens is 340 g/mol. The Morgan fingerprint density at radius 3 is 3.08 bits per heavy atom. The summed E-state index contributed by atoms with van der Waals surface area (Å²) >= 11 is 8.00. The average Bonchev–Trinajstić information content (AvgIpc) is 2.93. The Bertz CT molecular complexity index is 747. The van der Waals surface area contributed by atoms with Crippen molar-refractivity contribution in [3.63, 3.8) is 0 Å². The maximum Gasteiger partial charge on any atom is 0.105 e. The van der Waals surface area contributed by atoms with Crippen LogP contribution in [0.5, 0.6) is 0 Å². The van der Waals surface area contributed by atoms with Crippen molar-refractivity contribution in [3.8, 4) is 0 Å². The van der Waals surface area contributed by atoms with Crippen molar-refractivity contribution in [2.75, 3.05) is 13.2 Å². The number of aryl methyl sites for hydroxylation is 1. The lowest BCUT2D eigenvalue weighted by Crippen LogP contribution is -2.49. The maximum absolute atomic E-state index is 6.35. The molecule has 0 amide bonds. The Morgan fingerprint density at radius 2 is 2.29 bits per heavy atom. The Morgan fingerprint density at radius 1 is 1.42 bits per heavy atom. The third-order valence-corrected chi connectivity index (χ3v) is 6.80. The highest BCUT2D eigenvalue weighted by Gasteiger charge is 2.44. The van der Waals surface area contributed by atoms with Crippen LogP contribution in [0.25, 0.3) is 0 Å². The van der Waals surface area contributed by atoms with Crippen LogP contribution in [0.4, 0.5) is 0 Å². The number of nitrogens with zero attached hydrogens (tertiary/aromatic N) is 2. The normalized spacial score (nSPS) is 27.4. The summed E-state index contributed by atoms with van der Waals surface area (Å²) in [5, 5.41) is 0. The first-order valence-corrected chi connectivity index (χ1v) is 9.82. The SMILES string of the molecule is Cc1cncc(CN2CC[C@]3(C[C@@H]2C)OCCc2cc(Cl)sc23)c1. The van der Waals surface area contributed by atoms with Crippen molar-refractivity contribution in [2.45, 2.75) is 51.3 Å². The fraction of sp³-hybridized carbons (Fsp3) is 0.526. The highest BCUT2D eigenvalue weighted by atomic mass is 35.5. The molecule has 2 aromatic heterocycles. The van der Waals surface area contributed by atoms with Gasteiger partial charge in [-0.1, -0.05) is 17.7 Å². The molecule has 5 heteroatoms. The van der Waals surface area contributed by atoms with Crippen LogP contribution < -0.4 is 0 Å². The summed E-state index contributed by atoms with van der Waals surface area (Å²) in [4.78, 5) is 8.25. The van der Waals surface area contributed by atoms with Crippen LogP contribution in [0.2, 0.25) is 4.34 Å². The molecule has 2 atom stereocenters. The zero-order valence-corrected chi connectivity index (χ0v) is 15.8. The van der Waals surface area contributed by atoms with Gasteiger partial charge >= 0.3 is 0 Å². The van der Waals surface area contributed by atoms with Crippen LogP contribution in [0.15, 0.2) is 24.5 Å². The summed E-state index contributed by atoms with van der Waals surface area (Å²) in [6, 6.07) is 4.85. The molecule has 0 unspecified atom stereocenters. The van der Waals surface area contributed by atoms with Gasteiger partial charge < -0.3 is 4.74 Å². The molecule has 1 fully saturated rings. The van der Waals surface area contributed by atoms with Crippen molar-refractivity contribution in [1.82, 2.24) is 9.88 Å². The number of likely N-dealkylation sites (tertiary alicyclic amines) is 1. The second-order valence-electron chi connectivity index (χ2n) is 7.14. The van der Waals surface area contributed by atoms with Crippen LogP contribution >= 0.6 is 22.9 Å². The molecule has 4 rings (SSSR count). The maximum atomic E-state index is 6.35. The molecule has 1 saturated heterocycles. The fourth-order valence-corrected chi connectivity index (χ4v) is 5.63. The van der Waals surface area contributed by atoms with Gasteiger partial charge in [-0.15, -0.1) is 11.3 Å². The second-order valence-corrected chi connectivity index (χ2v) is 8.83. The summed E-state index contributed by atoms with van der Waals surface area (Å²) in [6.45, 7) is 7.24. The summed E-state index contributed by atoms with van der Waals surface area (Å²) in [5.41, 5.74) is 3.80. The number of thiophene rings is 1. The molecule has 4 heterocycles. The zero-order valence-electron chi connectivity index (χ0n) is 14.2.